The molecule has 25 heavy (non-hydrogen) atoms. The number of nitrogens with one attached hydrogen (secondary N) is 2. The standard InChI is InChI=1S/C17H22N2O6/c1-3-23-13-7-5-11(9-14(13)24-4-2)18-16(21)10-25-17(22)12-6-8-15(20)19-12/h5,7,9,12H,3-4,6,8,10H2,1-2H3,(H,18,21)(H,19,20)/t12-/m0/s1. The van der Waals surface area contributed by atoms with Gasteiger partial charge < -0.3 is 24.8 Å². The zero-order valence-corrected chi connectivity index (χ0v) is 14.3. The molecule has 0 spiro atoms. The molecular weight excluding hydrogens is 328 g/mol. The van der Waals surface area contributed by atoms with Crippen LogP contribution >= 0.6 is 0 Å². The van der Waals surface area contributed by atoms with Crippen molar-refractivity contribution in [3.63, 3.8) is 0 Å². The van der Waals surface area contributed by atoms with E-state index in [0.29, 0.717) is 43.2 Å². The van der Waals surface area contributed by atoms with Crippen molar-refractivity contribution in [2.24, 2.45) is 0 Å². The molecule has 0 unspecified atom stereocenters. The van der Waals surface area contributed by atoms with Crippen molar-refractivity contribution in [2.75, 3.05) is 25.1 Å². The van der Waals surface area contributed by atoms with E-state index in [1.165, 1.54) is 0 Å². The summed E-state index contributed by atoms with van der Waals surface area (Å²) < 4.78 is 15.9. The van der Waals surface area contributed by atoms with E-state index in [-0.39, 0.29) is 5.91 Å². The number of hydrogen-bond donors (Lipinski definition) is 2. The Balaban J connectivity index is 1.88. The van der Waals surface area contributed by atoms with Crippen LogP contribution in [0.1, 0.15) is 26.7 Å². The van der Waals surface area contributed by atoms with Crippen LogP contribution < -0.4 is 20.1 Å². The Morgan fingerprint density at radius 1 is 1.20 bits per heavy atom. The van der Waals surface area contributed by atoms with Gasteiger partial charge in [-0.1, -0.05) is 0 Å². The fourth-order valence-corrected chi connectivity index (χ4v) is 2.35. The molecule has 1 saturated heterocycles. The first-order chi connectivity index (χ1) is 12.0. The highest BCUT2D eigenvalue weighted by Crippen LogP contribution is 2.30. The summed E-state index contributed by atoms with van der Waals surface area (Å²) in [6.45, 7) is 4.25. The smallest absolute Gasteiger partial charge is 0.329 e. The SMILES string of the molecule is CCOc1ccc(NC(=O)COC(=O)[C@@H]2CCC(=O)N2)cc1OCC. The molecule has 0 saturated carbocycles. The highest BCUT2D eigenvalue weighted by molar-refractivity contribution is 5.94. The zero-order valence-electron chi connectivity index (χ0n) is 14.3. The normalized spacial score (nSPS) is 16.1. The molecular formula is C17H22N2O6. The molecule has 2 rings (SSSR count). The van der Waals surface area contributed by atoms with E-state index in [9.17, 15) is 14.4 Å². The molecule has 136 valence electrons. The molecule has 1 aliphatic rings. The zero-order chi connectivity index (χ0) is 18.2. The third-order valence-electron chi connectivity index (χ3n) is 3.45. The van der Waals surface area contributed by atoms with E-state index in [1.54, 1.807) is 18.2 Å². The molecule has 1 aromatic carbocycles. The molecule has 0 aromatic heterocycles. The maximum atomic E-state index is 11.9. The molecule has 1 aromatic rings. The molecule has 1 heterocycles. The van der Waals surface area contributed by atoms with Crippen molar-refractivity contribution in [3.05, 3.63) is 18.2 Å². The van der Waals surface area contributed by atoms with Crippen LogP contribution in [0, 0.1) is 0 Å². The Hall–Kier alpha value is -2.77. The van der Waals surface area contributed by atoms with Gasteiger partial charge in [0.05, 0.1) is 13.2 Å². The molecule has 8 nitrogen and oxygen atoms in total. The number of carbonyl (C=O) groups excluding carboxylic acids is 3. The molecule has 0 aliphatic carbocycles. The molecule has 1 atom stereocenters. The van der Waals surface area contributed by atoms with Crippen LogP contribution in [0.15, 0.2) is 18.2 Å². The summed E-state index contributed by atoms with van der Waals surface area (Å²) in [4.78, 5) is 34.8. The number of esters is 1. The molecule has 1 aliphatic heterocycles. The van der Waals surface area contributed by atoms with Crippen LogP contribution in [-0.4, -0.2) is 43.6 Å². The van der Waals surface area contributed by atoms with Gasteiger partial charge in [-0.25, -0.2) is 4.79 Å². The van der Waals surface area contributed by atoms with Crippen molar-refractivity contribution >= 4 is 23.5 Å². The largest absolute Gasteiger partial charge is 0.490 e. The summed E-state index contributed by atoms with van der Waals surface area (Å²) >= 11 is 0. The minimum absolute atomic E-state index is 0.191. The molecule has 2 N–H and O–H groups in total. The average Bonchev–Trinajstić information content (AvgIpc) is 3.02. The van der Waals surface area contributed by atoms with E-state index >= 15 is 0 Å². The highest BCUT2D eigenvalue weighted by atomic mass is 16.5. The number of hydrogen-bond acceptors (Lipinski definition) is 6. The van der Waals surface area contributed by atoms with Crippen LogP contribution in [0.3, 0.4) is 0 Å². The fraction of sp³-hybridized carbons (Fsp3) is 0.471. The van der Waals surface area contributed by atoms with Gasteiger partial charge in [-0.2, -0.15) is 0 Å². The van der Waals surface area contributed by atoms with Crippen molar-refractivity contribution < 1.29 is 28.6 Å². The summed E-state index contributed by atoms with van der Waals surface area (Å²) in [5.41, 5.74) is 0.502. The van der Waals surface area contributed by atoms with Gasteiger partial charge in [0.25, 0.3) is 5.91 Å². The van der Waals surface area contributed by atoms with E-state index in [4.69, 9.17) is 14.2 Å². The second-order valence-corrected chi connectivity index (χ2v) is 5.34. The van der Waals surface area contributed by atoms with Crippen molar-refractivity contribution in [1.29, 1.82) is 0 Å². The predicted molar refractivity (Wildman–Crippen MR) is 89.5 cm³/mol. The minimum atomic E-state index is -0.671. The van der Waals surface area contributed by atoms with Gasteiger partial charge in [-0.15, -0.1) is 0 Å². The van der Waals surface area contributed by atoms with Gasteiger partial charge in [0.1, 0.15) is 6.04 Å². The Kier molecular flexibility index (Phi) is 6.62. The van der Waals surface area contributed by atoms with Crippen molar-refractivity contribution in [1.82, 2.24) is 5.32 Å². The first kappa shape index (κ1) is 18.6. The summed E-state index contributed by atoms with van der Waals surface area (Å²) in [5.74, 6) is -0.171. The number of anilines is 1. The van der Waals surface area contributed by atoms with Crippen LogP contribution in [0.2, 0.25) is 0 Å². The van der Waals surface area contributed by atoms with Crippen molar-refractivity contribution in [3.8, 4) is 11.5 Å². The quantitative estimate of drug-likeness (QED) is 0.684. The summed E-state index contributed by atoms with van der Waals surface area (Å²) in [7, 11) is 0. The molecule has 0 bridgehead atoms. The van der Waals surface area contributed by atoms with Crippen LogP contribution in [-0.2, 0) is 19.1 Å². The van der Waals surface area contributed by atoms with E-state index in [2.05, 4.69) is 10.6 Å². The first-order valence-electron chi connectivity index (χ1n) is 8.19. The van der Waals surface area contributed by atoms with E-state index in [1.807, 2.05) is 13.8 Å². The van der Waals surface area contributed by atoms with Crippen LogP contribution in [0.4, 0.5) is 5.69 Å². The third-order valence-corrected chi connectivity index (χ3v) is 3.45. The van der Waals surface area contributed by atoms with Gasteiger partial charge >= 0.3 is 5.97 Å². The Labute approximate surface area is 145 Å². The first-order valence-corrected chi connectivity index (χ1v) is 8.19. The topological polar surface area (TPSA) is 103 Å². The third kappa shape index (κ3) is 5.37. The Morgan fingerprint density at radius 3 is 2.56 bits per heavy atom. The van der Waals surface area contributed by atoms with Gasteiger partial charge in [-0.05, 0) is 32.4 Å². The maximum Gasteiger partial charge on any atom is 0.329 e. The lowest BCUT2D eigenvalue weighted by Crippen LogP contribution is -2.36. The number of amides is 2. The van der Waals surface area contributed by atoms with Gasteiger partial charge in [0.15, 0.2) is 18.1 Å². The number of rotatable bonds is 8. The van der Waals surface area contributed by atoms with Crippen LogP contribution in [0.25, 0.3) is 0 Å². The molecule has 8 heteroatoms. The second-order valence-electron chi connectivity index (χ2n) is 5.34. The highest BCUT2D eigenvalue weighted by Gasteiger charge is 2.28. The minimum Gasteiger partial charge on any atom is -0.490 e. The summed E-state index contributed by atoms with van der Waals surface area (Å²) in [6.07, 6.45) is 0.675. The van der Waals surface area contributed by atoms with Crippen LogP contribution in [0.5, 0.6) is 11.5 Å². The lowest BCUT2D eigenvalue weighted by Gasteiger charge is -2.13. The average molecular weight is 350 g/mol. The van der Waals surface area contributed by atoms with E-state index < -0.39 is 24.5 Å². The maximum absolute atomic E-state index is 11.9. The number of carbonyl (C=O) groups is 3. The Morgan fingerprint density at radius 2 is 1.92 bits per heavy atom. The van der Waals surface area contributed by atoms with Gasteiger partial charge in [0, 0.05) is 18.2 Å². The number of benzene rings is 1. The second kappa shape index (κ2) is 8.91. The summed E-state index contributed by atoms with van der Waals surface area (Å²) in [6, 6.07) is 4.34. The molecule has 2 amide bonds. The Bertz CT molecular complexity index is 646. The monoisotopic (exact) mass is 350 g/mol. The van der Waals surface area contributed by atoms with Gasteiger partial charge in [-0.3, -0.25) is 9.59 Å². The molecule has 1 fully saturated rings. The summed E-state index contributed by atoms with van der Waals surface area (Å²) in [5, 5.41) is 5.12. The fourth-order valence-electron chi connectivity index (χ4n) is 2.35. The lowest BCUT2D eigenvalue weighted by molar-refractivity contribution is -0.149. The lowest BCUT2D eigenvalue weighted by atomic mass is 10.2. The number of ether oxygens (including phenoxy) is 3. The predicted octanol–water partition coefficient (Wildman–Crippen LogP) is 1.24. The van der Waals surface area contributed by atoms with Gasteiger partial charge in [0.2, 0.25) is 5.91 Å². The van der Waals surface area contributed by atoms with Crippen molar-refractivity contribution in [2.45, 2.75) is 32.7 Å². The molecule has 0 radical (unpaired) electrons. The van der Waals surface area contributed by atoms with E-state index in [0.717, 1.165) is 0 Å².